The van der Waals surface area contributed by atoms with Crippen molar-refractivity contribution in [3.63, 3.8) is 0 Å². The summed E-state index contributed by atoms with van der Waals surface area (Å²) in [5.74, 6) is 2.53. The minimum atomic E-state index is 0. The van der Waals surface area contributed by atoms with E-state index in [9.17, 15) is 4.79 Å². The molecule has 1 aromatic carbocycles. The van der Waals surface area contributed by atoms with Crippen molar-refractivity contribution < 1.29 is 14.3 Å². The predicted molar refractivity (Wildman–Crippen MR) is 125 cm³/mol. The molecule has 1 saturated heterocycles. The first-order valence-electron chi connectivity index (χ1n) is 10.4. The fraction of sp³-hybridized carbons (Fsp3) is 0.619. The Bertz CT molecular complexity index is 720. The number of carbonyl (C=O) groups excluding carboxylic acids is 1. The number of likely N-dealkylation sites (tertiary alicyclic amines) is 1. The van der Waals surface area contributed by atoms with Gasteiger partial charge in [-0.3, -0.25) is 4.79 Å². The molecule has 0 saturated carbocycles. The first-order chi connectivity index (χ1) is 13.6. The van der Waals surface area contributed by atoms with Gasteiger partial charge in [-0.1, -0.05) is 0 Å². The van der Waals surface area contributed by atoms with Crippen molar-refractivity contribution in [1.82, 2.24) is 15.5 Å². The topological polar surface area (TPSA) is 75.2 Å². The molecule has 0 aliphatic carbocycles. The van der Waals surface area contributed by atoms with Gasteiger partial charge in [-0.05, 0) is 45.7 Å². The monoisotopic (exact) mass is 516 g/mol. The fourth-order valence-electron chi connectivity index (χ4n) is 3.64. The third kappa shape index (κ3) is 6.38. The summed E-state index contributed by atoms with van der Waals surface area (Å²) in [6.45, 7) is 9.83. The summed E-state index contributed by atoms with van der Waals surface area (Å²) in [5.41, 5.74) is 2.17. The molecular formula is C21H33IN4O3. The Morgan fingerprint density at radius 2 is 2.03 bits per heavy atom. The Balaban J connectivity index is 0.00000300. The number of guanidine groups is 1. The fourth-order valence-corrected chi connectivity index (χ4v) is 3.64. The van der Waals surface area contributed by atoms with Gasteiger partial charge in [-0.15, -0.1) is 24.0 Å². The number of aliphatic imine (C=N–C) groups is 1. The second-order valence-electron chi connectivity index (χ2n) is 7.27. The van der Waals surface area contributed by atoms with Crippen LogP contribution >= 0.6 is 24.0 Å². The standard InChI is InChI=1S/C21H32N4O3.HI/c1-4-22-21(24-14-20(26)25-8-6-7-9-25)23-13-17-12-19-16(10-15(3)28-19)11-18(17)27-5-2;/h11-12,15H,4-10,13-14H2,1-3H3,(H2,22,23,24);1H. The van der Waals surface area contributed by atoms with Crippen molar-refractivity contribution in [2.75, 3.05) is 32.8 Å². The predicted octanol–water partition coefficient (Wildman–Crippen LogP) is 2.70. The minimum Gasteiger partial charge on any atom is -0.494 e. The molecule has 162 valence electrons. The molecule has 1 unspecified atom stereocenters. The molecule has 1 aromatic rings. The number of amides is 1. The van der Waals surface area contributed by atoms with Gasteiger partial charge in [0, 0.05) is 37.2 Å². The molecule has 1 fully saturated rings. The Morgan fingerprint density at radius 3 is 2.72 bits per heavy atom. The molecule has 0 spiro atoms. The molecule has 2 aliphatic rings. The summed E-state index contributed by atoms with van der Waals surface area (Å²) in [4.78, 5) is 18.8. The number of rotatable bonds is 7. The van der Waals surface area contributed by atoms with Gasteiger partial charge < -0.3 is 25.0 Å². The molecule has 29 heavy (non-hydrogen) atoms. The van der Waals surface area contributed by atoms with Crippen LogP contribution in [0.5, 0.6) is 11.5 Å². The molecule has 7 nitrogen and oxygen atoms in total. The quantitative estimate of drug-likeness (QED) is 0.331. The van der Waals surface area contributed by atoms with Gasteiger partial charge in [0.1, 0.15) is 17.6 Å². The summed E-state index contributed by atoms with van der Waals surface area (Å²) in [5, 5.41) is 6.36. The number of benzene rings is 1. The van der Waals surface area contributed by atoms with E-state index in [0.29, 0.717) is 19.1 Å². The van der Waals surface area contributed by atoms with Crippen molar-refractivity contribution in [3.05, 3.63) is 23.3 Å². The number of nitrogens with one attached hydrogen (secondary N) is 2. The zero-order valence-corrected chi connectivity index (χ0v) is 20.0. The Hall–Kier alpha value is -1.71. The molecular weight excluding hydrogens is 483 g/mol. The van der Waals surface area contributed by atoms with Crippen molar-refractivity contribution in [3.8, 4) is 11.5 Å². The van der Waals surface area contributed by atoms with Crippen LogP contribution in [0.25, 0.3) is 0 Å². The average Bonchev–Trinajstić information content (AvgIpc) is 3.32. The molecule has 2 N–H and O–H groups in total. The number of hydrogen-bond acceptors (Lipinski definition) is 4. The van der Waals surface area contributed by atoms with Crippen molar-refractivity contribution >= 4 is 35.8 Å². The summed E-state index contributed by atoms with van der Waals surface area (Å²) in [6.07, 6.45) is 3.29. The van der Waals surface area contributed by atoms with Crippen LogP contribution in [0.15, 0.2) is 17.1 Å². The lowest BCUT2D eigenvalue weighted by Gasteiger charge is -2.17. The first kappa shape index (κ1) is 23.6. The zero-order valence-electron chi connectivity index (χ0n) is 17.6. The number of hydrogen-bond donors (Lipinski definition) is 2. The average molecular weight is 516 g/mol. The van der Waals surface area contributed by atoms with Crippen LogP contribution in [-0.2, 0) is 17.8 Å². The second-order valence-corrected chi connectivity index (χ2v) is 7.27. The largest absolute Gasteiger partial charge is 0.494 e. The van der Waals surface area contributed by atoms with Crippen LogP contribution in [0.2, 0.25) is 0 Å². The normalized spacial score (nSPS) is 18.0. The van der Waals surface area contributed by atoms with Gasteiger partial charge in [0.05, 0.1) is 19.7 Å². The van der Waals surface area contributed by atoms with Crippen LogP contribution in [0.3, 0.4) is 0 Å². The van der Waals surface area contributed by atoms with Crippen LogP contribution in [0.1, 0.15) is 44.7 Å². The first-order valence-corrected chi connectivity index (χ1v) is 10.4. The van der Waals surface area contributed by atoms with Gasteiger partial charge >= 0.3 is 0 Å². The summed E-state index contributed by atoms with van der Waals surface area (Å²) >= 11 is 0. The second kappa shape index (κ2) is 11.5. The van der Waals surface area contributed by atoms with E-state index in [4.69, 9.17) is 9.47 Å². The van der Waals surface area contributed by atoms with Crippen molar-refractivity contribution in [2.24, 2.45) is 4.99 Å². The van der Waals surface area contributed by atoms with Crippen LogP contribution in [-0.4, -0.2) is 55.7 Å². The van der Waals surface area contributed by atoms with Crippen LogP contribution in [0.4, 0.5) is 0 Å². The molecule has 0 radical (unpaired) electrons. The van der Waals surface area contributed by atoms with Gasteiger partial charge in [0.15, 0.2) is 5.96 Å². The lowest BCUT2D eigenvalue weighted by molar-refractivity contribution is -0.128. The molecule has 1 amide bonds. The highest BCUT2D eigenvalue weighted by Crippen LogP contribution is 2.35. The highest BCUT2D eigenvalue weighted by atomic mass is 127. The Morgan fingerprint density at radius 1 is 1.28 bits per heavy atom. The highest BCUT2D eigenvalue weighted by molar-refractivity contribution is 14.0. The van der Waals surface area contributed by atoms with Crippen molar-refractivity contribution in [1.29, 1.82) is 0 Å². The summed E-state index contributed by atoms with van der Waals surface area (Å²) in [6, 6.07) is 4.11. The maximum atomic E-state index is 12.3. The van der Waals surface area contributed by atoms with E-state index in [1.165, 1.54) is 5.56 Å². The SMILES string of the molecule is CCNC(=NCc1cc2c(cc1OCC)CC(C)O2)NCC(=O)N1CCCC1.I. The van der Waals surface area contributed by atoms with E-state index in [-0.39, 0.29) is 42.5 Å². The van der Waals surface area contributed by atoms with Crippen molar-refractivity contribution in [2.45, 2.75) is 52.7 Å². The molecule has 0 aromatic heterocycles. The lowest BCUT2D eigenvalue weighted by atomic mass is 10.1. The maximum absolute atomic E-state index is 12.3. The van der Waals surface area contributed by atoms with E-state index in [2.05, 4.69) is 28.6 Å². The molecule has 0 bridgehead atoms. The lowest BCUT2D eigenvalue weighted by Crippen LogP contribution is -2.44. The third-order valence-corrected chi connectivity index (χ3v) is 5.00. The number of fused-ring (bicyclic) bond motifs is 1. The molecule has 1 atom stereocenters. The Labute approximate surface area is 190 Å². The molecule has 8 heteroatoms. The Kier molecular flexibility index (Phi) is 9.32. The van der Waals surface area contributed by atoms with Gasteiger partial charge in [-0.2, -0.15) is 0 Å². The number of halogens is 1. The van der Waals surface area contributed by atoms with Gasteiger partial charge in [0.2, 0.25) is 5.91 Å². The van der Waals surface area contributed by atoms with E-state index >= 15 is 0 Å². The molecule has 3 rings (SSSR count). The van der Waals surface area contributed by atoms with Gasteiger partial charge in [0.25, 0.3) is 0 Å². The van der Waals surface area contributed by atoms with E-state index in [1.54, 1.807) is 0 Å². The van der Waals surface area contributed by atoms with E-state index < -0.39 is 0 Å². The van der Waals surface area contributed by atoms with E-state index in [0.717, 1.165) is 56.0 Å². The highest BCUT2D eigenvalue weighted by Gasteiger charge is 2.22. The van der Waals surface area contributed by atoms with Gasteiger partial charge in [-0.25, -0.2) is 4.99 Å². The number of nitrogens with zero attached hydrogens (tertiary/aromatic N) is 2. The van der Waals surface area contributed by atoms with Crippen LogP contribution < -0.4 is 20.1 Å². The number of ether oxygens (including phenoxy) is 2. The minimum absolute atomic E-state index is 0. The summed E-state index contributed by atoms with van der Waals surface area (Å²) < 4.78 is 11.7. The smallest absolute Gasteiger partial charge is 0.241 e. The molecule has 2 aliphatic heterocycles. The number of carbonyl (C=O) groups is 1. The molecule has 2 heterocycles. The zero-order chi connectivity index (χ0) is 19.9. The van der Waals surface area contributed by atoms with Crippen LogP contribution in [0, 0.1) is 0 Å². The maximum Gasteiger partial charge on any atom is 0.241 e. The third-order valence-electron chi connectivity index (χ3n) is 5.00. The summed E-state index contributed by atoms with van der Waals surface area (Å²) in [7, 11) is 0. The van der Waals surface area contributed by atoms with E-state index in [1.807, 2.05) is 24.8 Å².